The van der Waals surface area contributed by atoms with Crippen molar-refractivity contribution in [2.75, 3.05) is 141 Å². The fourth-order valence-corrected chi connectivity index (χ4v) is 13.7. The smallest absolute Gasteiger partial charge is 0.264 e. The number of aliphatic hydroxyl groups is 3. The summed E-state index contributed by atoms with van der Waals surface area (Å²) in [5, 5.41) is 56.1. The van der Waals surface area contributed by atoms with E-state index in [4.69, 9.17) is 78.0 Å². The quantitative estimate of drug-likeness (QED) is 0.0204. The molecule has 11 aromatic rings. The van der Waals surface area contributed by atoms with Gasteiger partial charge in [-0.15, -0.1) is 0 Å². The number of rotatable bonds is 16. The highest BCUT2D eigenvalue weighted by atomic mass is 79.9. The van der Waals surface area contributed by atoms with Gasteiger partial charge in [0, 0.05) is 105 Å². The van der Waals surface area contributed by atoms with Crippen LogP contribution in [0.1, 0.15) is 11.1 Å². The van der Waals surface area contributed by atoms with Crippen LogP contribution in [0.3, 0.4) is 0 Å². The van der Waals surface area contributed by atoms with Gasteiger partial charge in [-0.3, -0.25) is 9.08 Å². The third kappa shape index (κ3) is 21.5. The molecule has 620 valence electrons. The summed E-state index contributed by atoms with van der Waals surface area (Å²) in [5.41, 5.74) is 10.0. The van der Waals surface area contributed by atoms with Gasteiger partial charge < -0.3 is 94.2 Å². The SMILES string of the molecule is CN(C)C=Nc1cc2c(cc1C#N)O[C@@H](CO)CO2.CN1CCN(C[C@H]2COc3cc4ncnc(Nc5cccc(Br)c5F)c4cc3O2)CC1.CS(=O)(=O)OC[C@H]1COc2cc3ncnc(Nc4cccc(Br)c4F)c3cc2O1.N#Cc1cc2c(cc1N)OC[C@H](CO)O2.OC[C@H]1COc2cc3ncnc(Nc4cccc(Br)c4F)c3cc2O1. The second kappa shape index (κ2) is 38.8. The molecule has 17 rings (SSSR count). The number of halogens is 6. The third-order valence-electron chi connectivity index (χ3n) is 18.3. The lowest BCUT2D eigenvalue weighted by Crippen LogP contribution is -2.49. The van der Waals surface area contributed by atoms with Gasteiger partial charge in [-0.05, 0) is 109 Å². The lowest BCUT2D eigenvalue weighted by molar-refractivity contribution is 0.0442. The number of nitrogens with one attached hydrogen (secondary N) is 3. The maximum atomic E-state index is 14.5. The van der Waals surface area contributed by atoms with Crippen molar-refractivity contribution in [3.63, 3.8) is 0 Å². The minimum absolute atomic E-state index is 0.0445. The van der Waals surface area contributed by atoms with E-state index < -0.39 is 40.1 Å². The molecule has 1 fully saturated rings. The molecular weight excluding hydrogens is 1770 g/mol. The first kappa shape index (κ1) is 85.3. The van der Waals surface area contributed by atoms with Gasteiger partial charge in [-0.1, -0.05) is 18.2 Å². The number of nitrogens with two attached hydrogens (primary N) is 1. The van der Waals surface area contributed by atoms with Crippen LogP contribution in [0.4, 0.5) is 59.1 Å². The molecule has 0 spiro atoms. The number of aromatic nitrogens is 6. The number of hydrogen-bond donors (Lipinski definition) is 7. The number of nitriles is 2. The molecule has 3 aromatic heterocycles. The average Bonchev–Trinajstić information content (AvgIpc) is 0.792. The molecule has 0 radical (unpaired) electrons. The van der Waals surface area contributed by atoms with E-state index in [1.54, 1.807) is 108 Å². The minimum atomic E-state index is -3.59. The highest BCUT2D eigenvalue weighted by Gasteiger charge is 2.30. The zero-order valence-corrected chi connectivity index (χ0v) is 69.4. The fraction of sp³-hybridized carbons (Fsp3) is 0.287. The largest absolute Gasteiger partial charge is 0.486 e. The van der Waals surface area contributed by atoms with Crippen molar-refractivity contribution in [3.05, 3.63) is 176 Å². The molecule has 0 saturated carbocycles. The molecule has 0 aliphatic carbocycles. The van der Waals surface area contributed by atoms with Crippen molar-refractivity contribution in [1.82, 2.24) is 44.6 Å². The monoisotopic (exact) mass is 1840 g/mol. The third-order valence-corrected chi connectivity index (χ3v) is 20.7. The van der Waals surface area contributed by atoms with E-state index in [1.165, 1.54) is 25.0 Å². The van der Waals surface area contributed by atoms with Crippen LogP contribution in [0.25, 0.3) is 32.7 Å². The molecule has 0 amide bonds. The molecule has 39 heteroatoms. The van der Waals surface area contributed by atoms with Gasteiger partial charge >= 0.3 is 0 Å². The van der Waals surface area contributed by atoms with Gasteiger partial charge in [0.15, 0.2) is 99.4 Å². The molecular formula is C80H76Br3F3N16O16S. The van der Waals surface area contributed by atoms with Crippen molar-refractivity contribution >= 4 is 143 Å². The van der Waals surface area contributed by atoms with E-state index in [9.17, 15) is 26.7 Å². The van der Waals surface area contributed by atoms with Crippen LogP contribution in [0.15, 0.2) is 153 Å². The van der Waals surface area contributed by atoms with Gasteiger partial charge in [-0.25, -0.2) is 48.1 Å². The molecule has 0 bridgehead atoms. The number of likely N-dealkylation sites (N-methyl/N-ethyl adjacent to an activating group) is 1. The summed E-state index contributed by atoms with van der Waals surface area (Å²) in [6.45, 7) is 5.93. The first-order valence-electron chi connectivity index (χ1n) is 36.6. The van der Waals surface area contributed by atoms with E-state index in [2.05, 4.69) is 122 Å². The summed E-state index contributed by atoms with van der Waals surface area (Å²) in [6, 6.07) is 35.8. The molecule has 0 unspecified atom stereocenters. The lowest BCUT2D eigenvalue weighted by Gasteiger charge is -2.36. The van der Waals surface area contributed by atoms with Crippen molar-refractivity contribution < 1.29 is 88.5 Å². The van der Waals surface area contributed by atoms with E-state index in [0.717, 1.165) is 44.4 Å². The predicted molar refractivity (Wildman–Crippen MR) is 445 cm³/mol. The first-order valence-corrected chi connectivity index (χ1v) is 40.8. The number of anilines is 7. The van der Waals surface area contributed by atoms with Gasteiger partial charge in [0.25, 0.3) is 10.1 Å². The Balaban J connectivity index is 0.000000131. The number of fused-ring (bicyclic) bond motifs is 8. The lowest BCUT2D eigenvalue weighted by atomic mass is 10.1. The van der Waals surface area contributed by atoms with E-state index in [-0.39, 0.29) is 82.3 Å². The molecule has 32 nitrogen and oxygen atoms in total. The standard InChI is InChI=1S/C22H23BrFN5O2.C18H15BrFN3O5S.C17H13BrFN3O3.C13H15N3O3.C10H10N2O3/c1-28-5-7-29(8-6-28)11-14-12-30-19-10-18-15(9-20(19)31-14)22(26-13-25-18)27-17-4-2-3-16(23)21(17)24;1-29(24,25)27-8-10-7-26-15-6-14-11(5-16(15)28-10)18(22-9-21-14)23-13-4-2-3-12(19)17(13)20;18-11-2-1-3-12(16(11)19)22-17-10-4-15-14(5-13(10)20-8-21-17)24-7-9(6-23)25-15;1-16(2)8-15-11-4-12-13(3-9(11)5-14)19-10(6-17)7-18-12;11-3-6-1-10-9(2-8(6)12)14-5-7(4-13)15-10/h2-4,9-10,13-14H,5-8,11-12H2,1H3,(H,25,26,27);2-6,9-10H,7-8H2,1H3,(H,21,22,23);1-5,8-9,23H,6-7H2,(H,20,21,22);3-4,8,10,17H,6-7H2,1-2H3;1-2,7,13H,4-5,12H2/t14-;10-;9-;10-;7-/m01000/s1. The van der Waals surface area contributed by atoms with Crippen molar-refractivity contribution in [2.45, 2.75) is 30.5 Å². The van der Waals surface area contributed by atoms with E-state index >= 15 is 0 Å². The molecule has 9 heterocycles. The zero-order valence-electron chi connectivity index (χ0n) is 63.8. The number of hydrogen-bond acceptors (Lipinski definition) is 31. The summed E-state index contributed by atoms with van der Waals surface area (Å²) >= 11 is 9.54. The molecule has 8 aromatic carbocycles. The second-order valence-electron chi connectivity index (χ2n) is 27.3. The molecule has 6 aliphatic rings. The van der Waals surface area contributed by atoms with Crippen LogP contribution in [-0.4, -0.2) is 225 Å². The van der Waals surface area contributed by atoms with Crippen LogP contribution in [-0.2, 0) is 14.3 Å². The van der Waals surface area contributed by atoms with Gasteiger partial charge in [0.2, 0.25) is 0 Å². The highest BCUT2D eigenvalue weighted by molar-refractivity contribution is 9.11. The summed E-state index contributed by atoms with van der Waals surface area (Å²) in [4.78, 5) is 36.3. The number of nitrogens with zero attached hydrogens (tertiary/aromatic N) is 12. The van der Waals surface area contributed by atoms with Crippen LogP contribution >= 0.6 is 47.8 Å². The van der Waals surface area contributed by atoms with Crippen LogP contribution in [0.5, 0.6) is 57.5 Å². The maximum absolute atomic E-state index is 14.5. The average molecular weight is 1850 g/mol. The molecule has 8 N–H and O–H groups in total. The molecule has 6 aliphatic heterocycles. The Kier molecular flexibility index (Phi) is 27.8. The van der Waals surface area contributed by atoms with Gasteiger partial charge in [-0.2, -0.15) is 18.9 Å². The predicted octanol–water partition coefficient (Wildman–Crippen LogP) is 11.6. The van der Waals surface area contributed by atoms with Gasteiger partial charge in [0.05, 0.1) is 102 Å². The molecule has 119 heavy (non-hydrogen) atoms. The van der Waals surface area contributed by atoms with Gasteiger partial charge in [0.1, 0.15) is 94.3 Å². The Hall–Kier alpha value is -11.6. The van der Waals surface area contributed by atoms with Crippen LogP contribution in [0, 0.1) is 40.1 Å². The van der Waals surface area contributed by atoms with Crippen molar-refractivity contribution in [1.29, 1.82) is 10.5 Å². The molecule has 5 atom stereocenters. The zero-order chi connectivity index (χ0) is 84.0. The summed E-state index contributed by atoms with van der Waals surface area (Å²) in [7, 11) is 2.25. The van der Waals surface area contributed by atoms with Crippen LogP contribution in [0.2, 0.25) is 0 Å². The van der Waals surface area contributed by atoms with E-state index in [0.29, 0.717) is 150 Å². The fourth-order valence-electron chi connectivity index (χ4n) is 12.2. The number of ether oxygens (including phenoxy) is 10. The molecule has 1 saturated heterocycles. The Morgan fingerprint density at radius 2 is 0.891 bits per heavy atom. The highest BCUT2D eigenvalue weighted by Crippen LogP contribution is 2.44. The second-order valence-corrected chi connectivity index (χ2v) is 31.5. The number of aliphatic imine (C=N–C) groups is 1. The minimum Gasteiger partial charge on any atom is -0.486 e. The normalized spacial score (nSPS) is 17.4. The van der Waals surface area contributed by atoms with Crippen molar-refractivity contribution in [2.24, 2.45) is 4.99 Å². The maximum Gasteiger partial charge on any atom is 0.264 e. The summed E-state index contributed by atoms with van der Waals surface area (Å²) in [5.74, 6) is 5.28. The topological polar surface area (TPSA) is 405 Å². The Morgan fingerprint density at radius 1 is 0.529 bits per heavy atom. The Bertz CT molecular complexity index is 5790. The number of aliphatic hydroxyl groups excluding tert-OH is 3. The number of benzene rings is 8. The number of piperazine rings is 1. The van der Waals surface area contributed by atoms with Crippen LogP contribution < -0.4 is 69.1 Å². The summed E-state index contributed by atoms with van der Waals surface area (Å²) < 4.78 is 128. The van der Waals surface area contributed by atoms with E-state index in [1.807, 2.05) is 32.3 Å². The summed E-state index contributed by atoms with van der Waals surface area (Å²) in [6.07, 6.45) is 4.95. The Morgan fingerprint density at radius 3 is 1.29 bits per heavy atom. The first-order chi connectivity index (χ1) is 57.4. The Labute approximate surface area is 704 Å². The number of nitrogen functional groups attached to an aromatic ring is 1. The van der Waals surface area contributed by atoms with Crippen molar-refractivity contribution in [3.8, 4) is 69.6 Å².